The first-order chi connectivity index (χ1) is 12.6. The average molecular weight is 354 g/mol. The molecule has 3 rings (SSSR count). The largest absolute Gasteiger partial charge is 0.452 e. The van der Waals surface area contributed by atoms with Gasteiger partial charge in [0.1, 0.15) is 0 Å². The fourth-order valence-electron chi connectivity index (χ4n) is 3.40. The molecule has 2 aromatic rings. The van der Waals surface area contributed by atoms with E-state index in [4.69, 9.17) is 9.72 Å². The van der Waals surface area contributed by atoms with Crippen molar-refractivity contribution in [3.8, 4) is 0 Å². The van der Waals surface area contributed by atoms with Gasteiger partial charge in [-0.15, -0.1) is 0 Å². The van der Waals surface area contributed by atoms with E-state index in [0.29, 0.717) is 5.56 Å². The van der Waals surface area contributed by atoms with Gasteiger partial charge in [-0.05, 0) is 50.7 Å². The zero-order valence-corrected chi connectivity index (χ0v) is 15.5. The average Bonchev–Trinajstić information content (AvgIpc) is 2.89. The number of ether oxygens (including phenoxy) is 1. The Morgan fingerprint density at radius 2 is 1.96 bits per heavy atom. The number of carbonyl (C=O) groups is 2. The minimum Gasteiger partial charge on any atom is -0.452 e. The topological polar surface area (TPSA) is 68.3 Å². The van der Waals surface area contributed by atoms with Crippen LogP contribution in [0.15, 0.2) is 24.3 Å². The maximum Gasteiger partial charge on any atom is 0.339 e. The number of fused-ring (bicyclic) bond motifs is 2. The van der Waals surface area contributed by atoms with E-state index >= 15 is 0 Å². The summed E-state index contributed by atoms with van der Waals surface area (Å²) in [6.07, 6.45) is 5.82. The molecule has 0 spiro atoms. The highest BCUT2D eigenvalue weighted by molar-refractivity contribution is 6.05. The van der Waals surface area contributed by atoms with Gasteiger partial charge in [-0.25, -0.2) is 4.79 Å². The van der Waals surface area contributed by atoms with Crippen LogP contribution in [0.1, 0.15) is 61.1 Å². The summed E-state index contributed by atoms with van der Waals surface area (Å²) in [5.41, 5.74) is 3.39. The number of hydrogen-bond donors (Lipinski definition) is 1. The number of amides is 1. The van der Waals surface area contributed by atoms with Crippen molar-refractivity contribution in [2.24, 2.45) is 0 Å². The van der Waals surface area contributed by atoms with Crippen LogP contribution in [0.2, 0.25) is 0 Å². The van der Waals surface area contributed by atoms with Crippen molar-refractivity contribution in [2.45, 2.75) is 58.4 Å². The normalized spacial score (nSPS) is 15.0. The second kappa shape index (κ2) is 8.30. The van der Waals surface area contributed by atoms with Crippen LogP contribution in [-0.2, 0) is 22.4 Å². The van der Waals surface area contributed by atoms with Gasteiger partial charge in [0.15, 0.2) is 6.61 Å². The Bertz CT molecular complexity index is 816. The first-order valence-electron chi connectivity index (χ1n) is 9.47. The molecule has 1 aliphatic carbocycles. The number of benzene rings is 1. The summed E-state index contributed by atoms with van der Waals surface area (Å²) >= 11 is 0. The molecule has 0 bridgehead atoms. The molecule has 0 aliphatic heterocycles. The fraction of sp³-hybridized carbons (Fsp3) is 0.476. The third kappa shape index (κ3) is 4.03. The summed E-state index contributed by atoms with van der Waals surface area (Å²) in [6, 6.07) is 7.72. The van der Waals surface area contributed by atoms with E-state index in [2.05, 4.69) is 5.32 Å². The summed E-state index contributed by atoms with van der Waals surface area (Å²) < 4.78 is 5.37. The number of rotatable bonds is 5. The first-order valence-corrected chi connectivity index (χ1v) is 9.47. The molecule has 1 amide bonds. The molecule has 1 aromatic heterocycles. The molecular weight excluding hydrogens is 328 g/mol. The monoisotopic (exact) mass is 354 g/mol. The number of hydrogen-bond acceptors (Lipinski definition) is 4. The maximum absolute atomic E-state index is 12.9. The number of nitrogens with zero attached hydrogens (tertiary/aromatic N) is 1. The summed E-state index contributed by atoms with van der Waals surface area (Å²) in [4.78, 5) is 29.6. The summed E-state index contributed by atoms with van der Waals surface area (Å²) in [5, 5.41) is 3.62. The Balaban J connectivity index is 1.89. The van der Waals surface area contributed by atoms with Crippen molar-refractivity contribution in [3.05, 3.63) is 41.1 Å². The molecule has 0 saturated heterocycles. The van der Waals surface area contributed by atoms with Gasteiger partial charge < -0.3 is 10.1 Å². The Morgan fingerprint density at radius 1 is 1.19 bits per heavy atom. The summed E-state index contributed by atoms with van der Waals surface area (Å²) in [6.45, 7) is 3.67. The van der Waals surface area contributed by atoms with Crippen molar-refractivity contribution in [3.63, 3.8) is 0 Å². The van der Waals surface area contributed by atoms with Crippen molar-refractivity contribution in [2.75, 3.05) is 6.61 Å². The molecule has 0 fully saturated rings. The van der Waals surface area contributed by atoms with Crippen molar-refractivity contribution in [1.29, 1.82) is 0 Å². The number of para-hydroxylation sites is 1. The van der Waals surface area contributed by atoms with Gasteiger partial charge in [0.05, 0.1) is 11.1 Å². The highest BCUT2D eigenvalue weighted by atomic mass is 16.5. The molecule has 0 radical (unpaired) electrons. The van der Waals surface area contributed by atoms with Crippen LogP contribution >= 0.6 is 0 Å². The zero-order chi connectivity index (χ0) is 18.5. The third-order valence-electron chi connectivity index (χ3n) is 4.98. The number of nitrogens with one attached hydrogen (secondary N) is 1. The number of esters is 1. The molecule has 0 saturated carbocycles. The van der Waals surface area contributed by atoms with E-state index in [9.17, 15) is 9.59 Å². The highest BCUT2D eigenvalue weighted by Gasteiger charge is 2.23. The van der Waals surface area contributed by atoms with Gasteiger partial charge in [0, 0.05) is 17.1 Å². The quantitative estimate of drug-likeness (QED) is 0.658. The second-order valence-electron chi connectivity index (χ2n) is 6.94. The van der Waals surface area contributed by atoms with E-state index < -0.39 is 5.97 Å². The third-order valence-corrected chi connectivity index (χ3v) is 4.98. The fourth-order valence-corrected chi connectivity index (χ4v) is 3.40. The molecule has 0 unspecified atom stereocenters. The van der Waals surface area contributed by atoms with E-state index in [1.54, 1.807) is 0 Å². The molecule has 26 heavy (non-hydrogen) atoms. The Kier molecular flexibility index (Phi) is 5.86. The highest BCUT2D eigenvalue weighted by Crippen LogP contribution is 2.29. The number of pyridine rings is 1. The molecule has 1 N–H and O–H groups in total. The Morgan fingerprint density at radius 3 is 2.77 bits per heavy atom. The lowest BCUT2D eigenvalue weighted by atomic mass is 9.97. The van der Waals surface area contributed by atoms with Gasteiger partial charge in [-0.3, -0.25) is 9.78 Å². The van der Waals surface area contributed by atoms with Crippen LogP contribution in [-0.4, -0.2) is 29.5 Å². The summed E-state index contributed by atoms with van der Waals surface area (Å²) in [5.74, 6) is -0.696. The minimum atomic E-state index is -0.430. The van der Waals surface area contributed by atoms with Gasteiger partial charge in [-0.2, -0.15) is 0 Å². The predicted molar refractivity (Wildman–Crippen MR) is 101 cm³/mol. The van der Waals surface area contributed by atoms with Gasteiger partial charge in [-0.1, -0.05) is 31.5 Å². The molecule has 1 atom stereocenters. The first kappa shape index (κ1) is 18.4. The van der Waals surface area contributed by atoms with Crippen LogP contribution in [0.25, 0.3) is 10.9 Å². The molecule has 1 aromatic carbocycles. The van der Waals surface area contributed by atoms with Gasteiger partial charge in [0.25, 0.3) is 5.91 Å². The lowest BCUT2D eigenvalue weighted by Crippen LogP contribution is -2.35. The van der Waals surface area contributed by atoms with E-state index in [1.807, 2.05) is 38.1 Å². The van der Waals surface area contributed by atoms with Crippen LogP contribution in [0.5, 0.6) is 0 Å². The number of carbonyl (C=O) groups excluding carboxylic acids is 2. The van der Waals surface area contributed by atoms with Crippen molar-refractivity contribution in [1.82, 2.24) is 10.3 Å². The smallest absolute Gasteiger partial charge is 0.339 e. The zero-order valence-electron chi connectivity index (χ0n) is 15.5. The van der Waals surface area contributed by atoms with Gasteiger partial charge in [0.2, 0.25) is 0 Å². The molecule has 1 heterocycles. The summed E-state index contributed by atoms with van der Waals surface area (Å²) in [7, 11) is 0. The van der Waals surface area contributed by atoms with Crippen molar-refractivity contribution >= 4 is 22.8 Å². The van der Waals surface area contributed by atoms with E-state index in [-0.39, 0.29) is 18.6 Å². The van der Waals surface area contributed by atoms with Gasteiger partial charge >= 0.3 is 5.97 Å². The Labute approximate surface area is 154 Å². The van der Waals surface area contributed by atoms with Crippen LogP contribution < -0.4 is 5.32 Å². The maximum atomic E-state index is 12.9. The standard InChI is InChI=1S/C21H26N2O3/c1-3-14(2)22-19(24)13-26-21(25)20-15-9-5-4-6-11-17(15)23-18-12-8-7-10-16(18)20/h7-8,10,12,14H,3-6,9,11,13H2,1-2H3,(H,22,24)/t14-/m1/s1. The minimum absolute atomic E-state index is 0.0687. The number of aryl methyl sites for hydroxylation is 1. The molecular formula is C21H26N2O3. The van der Waals surface area contributed by atoms with Crippen LogP contribution in [0, 0.1) is 0 Å². The second-order valence-corrected chi connectivity index (χ2v) is 6.94. The predicted octanol–water partition coefficient (Wildman–Crippen LogP) is 3.58. The van der Waals surface area contributed by atoms with Crippen LogP contribution in [0.3, 0.4) is 0 Å². The lowest BCUT2D eigenvalue weighted by Gasteiger charge is -2.15. The molecule has 138 valence electrons. The molecule has 1 aliphatic rings. The lowest BCUT2D eigenvalue weighted by molar-refractivity contribution is -0.124. The van der Waals surface area contributed by atoms with E-state index in [0.717, 1.165) is 60.7 Å². The van der Waals surface area contributed by atoms with Crippen LogP contribution in [0.4, 0.5) is 0 Å². The van der Waals surface area contributed by atoms with Crippen molar-refractivity contribution < 1.29 is 14.3 Å². The Hall–Kier alpha value is -2.43. The number of aromatic nitrogens is 1. The van der Waals surface area contributed by atoms with E-state index in [1.165, 1.54) is 0 Å². The molecule has 5 nitrogen and oxygen atoms in total. The SMILES string of the molecule is CC[C@@H](C)NC(=O)COC(=O)c1c2c(nc3ccccc13)CCCCC2. The molecule has 5 heteroatoms.